The van der Waals surface area contributed by atoms with Crippen molar-refractivity contribution < 1.29 is 13.2 Å². The second-order valence-electron chi connectivity index (χ2n) is 10.8. The zero-order valence-electron chi connectivity index (χ0n) is 21.3. The number of anilines is 1. The van der Waals surface area contributed by atoms with E-state index in [0.717, 1.165) is 32.5 Å². The number of carbonyl (C=O) groups excluding carboxylic acids is 1. The number of benzene rings is 1. The molecule has 1 aromatic carbocycles. The summed E-state index contributed by atoms with van der Waals surface area (Å²) in [7, 11) is -3.33. The summed E-state index contributed by atoms with van der Waals surface area (Å²) >= 11 is 0. The van der Waals surface area contributed by atoms with E-state index in [-0.39, 0.29) is 34.8 Å². The first-order valence-corrected chi connectivity index (χ1v) is 14.5. The van der Waals surface area contributed by atoms with Crippen molar-refractivity contribution in [2.45, 2.75) is 63.2 Å². The zero-order valence-corrected chi connectivity index (χ0v) is 22.1. The highest BCUT2D eigenvalue weighted by atomic mass is 32.2. The number of rotatable bonds is 6. The number of sulfone groups is 1. The van der Waals surface area contributed by atoms with Gasteiger partial charge in [-0.1, -0.05) is 37.3 Å². The Bertz CT molecular complexity index is 1160. The molecule has 2 aliphatic heterocycles. The molecular formula is C26H36N6O3S. The molecule has 1 aromatic heterocycles. The highest BCUT2D eigenvalue weighted by molar-refractivity contribution is 7.91. The van der Waals surface area contributed by atoms with Gasteiger partial charge in [0.05, 0.1) is 18.1 Å². The van der Waals surface area contributed by atoms with Gasteiger partial charge in [0, 0.05) is 50.8 Å². The average Bonchev–Trinajstić information content (AvgIpc) is 2.81. The first-order chi connectivity index (χ1) is 17.2. The van der Waals surface area contributed by atoms with Crippen molar-refractivity contribution in [1.82, 2.24) is 25.1 Å². The standard InChI is InChI=1S/C26H36N6O3S/c1-4-36(34,35)23-12-27-24(28-13-23)31-14-19(2)32(20(3)15-31)25(33)29-22-10-26(11-22)17-30(18-26)16-21-8-6-5-7-9-21/h5-9,12-13,19-20,22H,4,10-11,14-18H2,1-3H3,(H,29,33)/t19-,20+. The number of nitrogens with one attached hydrogen (secondary N) is 1. The number of piperazine rings is 1. The maximum absolute atomic E-state index is 13.2. The molecule has 1 spiro atoms. The van der Waals surface area contributed by atoms with E-state index in [1.54, 1.807) is 6.92 Å². The Hall–Kier alpha value is -2.72. The number of carbonyl (C=O) groups is 1. The molecule has 2 atom stereocenters. The van der Waals surface area contributed by atoms with Crippen LogP contribution in [0.5, 0.6) is 0 Å². The number of hydrogen-bond donors (Lipinski definition) is 1. The van der Waals surface area contributed by atoms with Gasteiger partial charge < -0.3 is 15.1 Å². The molecule has 1 saturated carbocycles. The van der Waals surface area contributed by atoms with Gasteiger partial charge in [-0.2, -0.15) is 0 Å². The molecule has 2 aromatic rings. The maximum atomic E-state index is 13.2. The molecule has 36 heavy (non-hydrogen) atoms. The Morgan fingerprint density at radius 1 is 1.06 bits per heavy atom. The van der Waals surface area contributed by atoms with E-state index in [9.17, 15) is 13.2 Å². The lowest BCUT2D eigenvalue weighted by Gasteiger charge is -2.59. The number of amides is 2. The predicted molar refractivity (Wildman–Crippen MR) is 138 cm³/mol. The Balaban J connectivity index is 1.10. The summed E-state index contributed by atoms with van der Waals surface area (Å²) < 4.78 is 24.1. The van der Waals surface area contributed by atoms with E-state index >= 15 is 0 Å². The summed E-state index contributed by atoms with van der Waals surface area (Å²) in [6.45, 7) is 10.1. The molecule has 10 heteroatoms. The smallest absolute Gasteiger partial charge is 0.318 e. The Kier molecular flexibility index (Phi) is 6.67. The lowest BCUT2D eigenvalue weighted by atomic mass is 9.60. The van der Waals surface area contributed by atoms with Crippen molar-refractivity contribution in [3.05, 3.63) is 48.3 Å². The molecular weight excluding hydrogens is 476 g/mol. The number of likely N-dealkylation sites (tertiary alicyclic amines) is 1. The lowest BCUT2D eigenvalue weighted by Crippen LogP contribution is -2.68. The second-order valence-corrected chi connectivity index (χ2v) is 13.1. The highest BCUT2D eigenvalue weighted by Crippen LogP contribution is 2.48. The summed E-state index contributed by atoms with van der Waals surface area (Å²) in [5.41, 5.74) is 1.73. The molecule has 2 amide bonds. The molecule has 194 valence electrons. The molecule has 3 aliphatic rings. The summed E-state index contributed by atoms with van der Waals surface area (Å²) in [6, 6.07) is 10.8. The quantitative estimate of drug-likeness (QED) is 0.635. The molecule has 0 bridgehead atoms. The van der Waals surface area contributed by atoms with Gasteiger partial charge in [0.2, 0.25) is 5.95 Å². The van der Waals surface area contributed by atoms with Gasteiger partial charge in [-0.25, -0.2) is 23.2 Å². The van der Waals surface area contributed by atoms with E-state index < -0.39 is 9.84 Å². The molecule has 0 unspecified atom stereocenters. The monoisotopic (exact) mass is 512 g/mol. The molecule has 3 heterocycles. The van der Waals surface area contributed by atoms with Crippen molar-refractivity contribution in [2.75, 3.05) is 36.8 Å². The SMILES string of the molecule is CCS(=O)(=O)c1cnc(N2C[C@@H](C)N(C(=O)NC3CC4(C3)CN(Cc3ccccc3)C4)[C@@H](C)C2)nc1. The minimum Gasteiger partial charge on any atom is -0.337 e. The van der Waals surface area contributed by atoms with Crippen LogP contribution in [0.2, 0.25) is 0 Å². The number of urea groups is 1. The first-order valence-electron chi connectivity index (χ1n) is 12.8. The summed E-state index contributed by atoms with van der Waals surface area (Å²) in [6.07, 6.45) is 4.86. The fourth-order valence-electron chi connectivity index (χ4n) is 6.14. The van der Waals surface area contributed by atoms with Crippen LogP contribution in [0.4, 0.5) is 10.7 Å². The zero-order chi connectivity index (χ0) is 25.5. The minimum atomic E-state index is -3.33. The molecule has 1 aliphatic carbocycles. The van der Waals surface area contributed by atoms with Crippen LogP contribution in [0.25, 0.3) is 0 Å². The van der Waals surface area contributed by atoms with Crippen LogP contribution < -0.4 is 10.2 Å². The van der Waals surface area contributed by atoms with Crippen molar-refractivity contribution >= 4 is 21.8 Å². The van der Waals surface area contributed by atoms with Gasteiger partial charge in [0.15, 0.2) is 9.84 Å². The van der Waals surface area contributed by atoms with Crippen LogP contribution in [0.1, 0.15) is 39.2 Å². The Morgan fingerprint density at radius 2 is 1.67 bits per heavy atom. The molecule has 5 rings (SSSR count). The lowest BCUT2D eigenvalue weighted by molar-refractivity contribution is -0.0812. The van der Waals surface area contributed by atoms with Gasteiger partial charge >= 0.3 is 6.03 Å². The van der Waals surface area contributed by atoms with Gasteiger partial charge in [0.25, 0.3) is 0 Å². The number of nitrogens with zero attached hydrogens (tertiary/aromatic N) is 5. The van der Waals surface area contributed by atoms with Crippen LogP contribution >= 0.6 is 0 Å². The van der Waals surface area contributed by atoms with Crippen molar-refractivity contribution in [3.63, 3.8) is 0 Å². The number of aromatic nitrogens is 2. The fraction of sp³-hybridized carbons (Fsp3) is 0.577. The van der Waals surface area contributed by atoms with Crippen molar-refractivity contribution in [2.24, 2.45) is 5.41 Å². The third kappa shape index (κ3) is 4.93. The Morgan fingerprint density at radius 3 is 2.25 bits per heavy atom. The van der Waals surface area contributed by atoms with E-state index in [1.807, 2.05) is 23.6 Å². The number of hydrogen-bond acceptors (Lipinski definition) is 7. The van der Waals surface area contributed by atoms with Crippen LogP contribution in [-0.2, 0) is 16.4 Å². The molecule has 3 fully saturated rings. The topological polar surface area (TPSA) is 98.7 Å². The van der Waals surface area contributed by atoms with E-state index in [0.29, 0.717) is 24.5 Å². The van der Waals surface area contributed by atoms with Gasteiger partial charge in [0.1, 0.15) is 4.90 Å². The largest absolute Gasteiger partial charge is 0.337 e. The van der Waals surface area contributed by atoms with Gasteiger partial charge in [-0.3, -0.25) is 4.90 Å². The summed E-state index contributed by atoms with van der Waals surface area (Å²) in [5, 5.41) is 3.27. The normalized spacial score (nSPS) is 24.3. The second kappa shape index (κ2) is 9.63. The van der Waals surface area contributed by atoms with Crippen LogP contribution in [0, 0.1) is 5.41 Å². The summed E-state index contributed by atoms with van der Waals surface area (Å²) in [5.74, 6) is 0.515. The molecule has 9 nitrogen and oxygen atoms in total. The molecule has 0 radical (unpaired) electrons. The average molecular weight is 513 g/mol. The third-order valence-electron chi connectivity index (χ3n) is 7.84. The predicted octanol–water partition coefficient (Wildman–Crippen LogP) is 2.54. The first kappa shape index (κ1) is 25.0. The maximum Gasteiger partial charge on any atom is 0.318 e. The van der Waals surface area contributed by atoms with Gasteiger partial charge in [-0.05, 0) is 37.7 Å². The van der Waals surface area contributed by atoms with Gasteiger partial charge in [-0.15, -0.1) is 0 Å². The van der Waals surface area contributed by atoms with Crippen LogP contribution in [-0.4, -0.2) is 84.3 Å². The minimum absolute atomic E-state index is 0.000251. The summed E-state index contributed by atoms with van der Waals surface area (Å²) in [4.78, 5) is 28.4. The molecule has 1 N–H and O–H groups in total. The Labute approximate surface area is 213 Å². The van der Waals surface area contributed by atoms with E-state index in [1.165, 1.54) is 18.0 Å². The van der Waals surface area contributed by atoms with E-state index in [2.05, 4.69) is 50.5 Å². The highest BCUT2D eigenvalue weighted by Gasteiger charge is 2.52. The fourth-order valence-corrected chi connectivity index (χ4v) is 6.90. The van der Waals surface area contributed by atoms with Crippen LogP contribution in [0.15, 0.2) is 47.6 Å². The third-order valence-corrected chi connectivity index (χ3v) is 9.53. The molecule has 2 saturated heterocycles. The van der Waals surface area contributed by atoms with Crippen LogP contribution in [0.3, 0.4) is 0 Å². The van der Waals surface area contributed by atoms with Crippen molar-refractivity contribution in [3.8, 4) is 0 Å². The van der Waals surface area contributed by atoms with Crippen molar-refractivity contribution in [1.29, 1.82) is 0 Å². The van der Waals surface area contributed by atoms with E-state index in [4.69, 9.17) is 0 Å².